The molecule has 0 saturated heterocycles. The number of benzene rings is 1. The molecule has 1 aliphatic rings. The lowest BCUT2D eigenvalue weighted by Crippen LogP contribution is -2.36. The number of rotatable bonds is 5. The highest BCUT2D eigenvalue weighted by Gasteiger charge is 2.23. The maximum atomic E-state index is 4.56. The molecule has 1 N–H and O–H groups in total. The van der Waals surface area contributed by atoms with Crippen LogP contribution >= 0.6 is 0 Å². The molecule has 27 heavy (non-hydrogen) atoms. The van der Waals surface area contributed by atoms with Crippen LogP contribution < -0.4 is 5.32 Å². The van der Waals surface area contributed by atoms with Gasteiger partial charge in [-0.15, -0.1) is 0 Å². The summed E-state index contributed by atoms with van der Waals surface area (Å²) in [6, 6.07) is 7.54. The molecule has 1 aliphatic carbocycles. The van der Waals surface area contributed by atoms with Crippen molar-refractivity contribution < 1.29 is 0 Å². The van der Waals surface area contributed by atoms with Crippen LogP contribution in [0.2, 0.25) is 0 Å². The van der Waals surface area contributed by atoms with Crippen molar-refractivity contribution in [1.29, 1.82) is 0 Å². The fourth-order valence-electron chi connectivity index (χ4n) is 3.97. The molecule has 0 radical (unpaired) electrons. The van der Waals surface area contributed by atoms with Crippen LogP contribution in [0, 0.1) is 0 Å². The molecule has 142 valence electrons. The van der Waals surface area contributed by atoms with Crippen molar-refractivity contribution in [3.05, 3.63) is 36.9 Å². The van der Waals surface area contributed by atoms with E-state index in [1.165, 1.54) is 25.7 Å². The number of nitrogens with one attached hydrogen (secondary N) is 1. The van der Waals surface area contributed by atoms with Gasteiger partial charge in [-0.3, -0.25) is 4.68 Å². The van der Waals surface area contributed by atoms with Gasteiger partial charge in [0.1, 0.15) is 12.1 Å². The van der Waals surface area contributed by atoms with Crippen LogP contribution in [0.5, 0.6) is 0 Å². The van der Waals surface area contributed by atoms with Crippen LogP contribution in [0.15, 0.2) is 36.9 Å². The average Bonchev–Trinajstić information content (AvgIpc) is 3.18. The smallest absolute Gasteiger partial charge is 0.137 e. The highest BCUT2D eigenvalue weighted by atomic mass is 15.3. The Morgan fingerprint density at radius 3 is 2.63 bits per heavy atom. The van der Waals surface area contributed by atoms with Crippen LogP contribution in [0.1, 0.15) is 32.6 Å². The first-order valence-corrected chi connectivity index (χ1v) is 9.84. The van der Waals surface area contributed by atoms with E-state index in [0.29, 0.717) is 12.1 Å². The van der Waals surface area contributed by atoms with Crippen molar-refractivity contribution in [3.63, 3.8) is 0 Å². The number of fused-ring (bicyclic) bond motifs is 1. The third-order valence-corrected chi connectivity index (χ3v) is 5.69. The Labute approximate surface area is 160 Å². The molecule has 0 atom stereocenters. The molecule has 2 heterocycles. The predicted octanol–water partition coefficient (Wildman–Crippen LogP) is 3.80. The number of hydrogen-bond donors (Lipinski definition) is 1. The quantitative estimate of drug-likeness (QED) is 0.746. The molecule has 1 aromatic carbocycles. The zero-order valence-electron chi connectivity index (χ0n) is 16.4. The number of nitrogens with zero attached hydrogens (tertiary/aromatic N) is 5. The summed E-state index contributed by atoms with van der Waals surface area (Å²) in [5.41, 5.74) is 3.25. The second-order valence-electron chi connectivity index (χ2n) is 7.65. The van der Waals surface area contributed by atoms with Crippen molar-refractivity contribution >= 4 is 16.7 Å². The minimum Gasteiger partial charge on any atom is -0.367 e. The number of aryl methyl sites for hydroxylation is 1. The molecule has 0 spiro atoms. The van der Waals surface area contributed by atoms with Crippen LogP contribution in [0.4, 0.5) is 5.82 Å². The maximum Gasteiger partial charge on any atom is 0.137 e. The molecule has 3 aromatic rings. The van der Waals surface area contributed by atoms with Gasteiger partial charge in [0.2, 0.25) is 0 Å². The maximum absolute atomic E-state index is 4.56. The zero-order chi connectivity index (χ0) is 18.8. The SMILES string of the molecule is CCn1cc(-c2ccc3ncnc(N[C@H]4CC[C@H](N(C)C)CC4)c3c2)cn1. The Bertz CT molecular complexity index is 908. The van der Waals surface area contributed by atoms with E-state index in [4.69, 9.17) is 0 Å². The molecule has 1 fully saturated rings. The zero-order valence-corrected chi connectivity index (χ0v) is 16.4. The summed E-state index contributed by atoms with van der Waals surface area (Å²) in [7, 11) is 4.36. The summed E-state index contributed by atoms with van der Waals surface area (Å²) in [4.78, 5) is 11.4. The summed E-state index contributed by atoms with van der Waals surface area (Å²) in [5, 5.41) is 9.16. The minimum atomic E-state index is 0.478. The fraction of sp³-hybridized carbons (Fsp3) is 0.476. The van der Waals surface area contributed by atoms with E-state index in [2.05, 4.69) is 70.7 Å². The molecule has 2 aromatic heterocycles. The van der Waals surface area contributed by atoms with Crippen molar-refractivity contribution in [2.24, 2.45) is 0 Å². The first-order chi connectivity index (χ1) is 13.1. The molecule has 6 nitrogen and oxygen atoms in total. The van der Waals surface area contributed by atoms with Gasteiger partial charge in [-0.1, -0.05) is 6.07 Å². The summed E-state index contributed by atoms with van der Waals surface area (Å²) in [6.45, 7) is 2.97. The van der Waals surface area contributed by atoms with Gasteiger partial charge in [0.25, 0.3) is 0 Å². The van der Waals surface area contributed by atoms with E-state index in [1.54, 1.807) is 6.33 Å². The Morgan fingerprint density at radius 2 is 1.93 bits per heavy atom. The topological polar surface area (TPSA) is 58.9 Å². The lowest BCUT2D eigenvalue weighted by molar-refractivity contribution is 0.221. The summed E-state index contributed by atoms with van der Waals surface area (Å²) in [5.74, 6) is 0.943. The highest BCUT2D eigenvalue weighted by molar-refractivity contribution is 5.92. The molecule has 1 saturated carbocycles. The number of aromatic nitrogens is 4. The van der Waals surface area contributed by atoms with Crippen LogP contribution in [0.3, 0.4) is 0 Å². The fourth-order valence-corrected chi connectivity index (χ4v) is 3.97. The van der Waals surface area contributed by atoms with E-state index in [1.807, 2.05) is 10.9 Å². The second kappa shape index (κ2) is 7.64. The number of anilines is 1. The first kappa shape index (κ1) is 17.9. The first-order valence-electron chi connectivity index (χ1n) is 9.84. The van der Waals surface area contributed by atoms with Crippen LogP contribution in [-0.4, -0.2) is 50.8 Å². The van der Waals surface area contributed by atoms with Crippen LogP contribution in [0.25, 0.3) is 22.0 Å². The third kappa shape index (κ3) is 3.81. The van der Waals surface area contributed by atoms with E-state index >= 15 is 0 Å². The second-order valence-corrected chi connectivity index (χ2v) is 7.65. The molecule has 0 unspecified atom stereocenters. The Morgan fingerprint density at radius 1 is 1.11 bits per heavy atom. The standard InChI is InChI=1S/C21H28N6/c1-4-27-13-16(12-24-27)15-5-10-20-19(11-15)21(23-14-22-20)25-17-6-8-18(9-7-17)26(2)3/h5,10-14,17-18H,4,6-9H2,1-3H3,(H,22,23,25)/t17-,18-. The monoisotopic (exact) mass is 364 g/mol. The summed E-state index contributed by atoms with van der Waals surface area (Å²) >= 11 is 0. The Balaban J connectivity index is 1.58. The van der Waals surface area contributed by atoms with Gasteiger partial charge < -0.3 is 10.2 Å². The lowest BCUT2D eigenvalue weighted by atomic mass is 9.90. The molecule has 0 bridgehead atoms. The summed E-state index contributed by atoms with van der Waals surface area (Å²) < 4.78 is 1.95. The molecule has 0 amide bonds. The third-order valence-electron chi connectivity index (χ3n) is 5.69. The highest BCUT2D eigenvalue weighted by Crippen LogP contribution is 2.29. The van der Waals surface area contributed by atoms with Crippen LogP contribution in [-0.2, 0) is 6.54 Å². The Kier molecular flexibility index (Phi) is 5.07. The van der Waals surface area contributed by atoms with Gasteiger partial charge in [0, 0.05) is 35.8 Å². The molecular weight excluding hydrogens is 336 g/mol. The van der Waals surface area contributed by atoms with Crippen molar-refractivity contribution in [2.75, 3.05) is 19.4 Å². The van der Waals surface area contributed by atoms with Crippen molar-refractivity contribution in [3.8, 4) is 11.1 Å². The van der Waals surface area contributed by atoms with Gasteiger partial charge in [-0.05, 0) is 64.4 Å². The number of hydrogen-bond acceptors (Lipinski definition) is 5. The van der Waals surface area contributed by atoms with Gasteiger partial charge in [-0.25, -0.2) is 9.97 Å². The molecular formula is C21H28N6. The normalized spacial score (nSPS) is 20.3. The largest absolute Gasteiger partial charge is 0.367 e. The van der Waals surface area contributed by atoms with Gasteiger partial charge in [0.15, 0.2) is 0 Å². The molecule has 4 rings (SSSR count). The van der Waals surface area contributed by atoms with Crippen molar-refractivity contribution in [2.45, 2.75) is 51.2 Å². The Hall–Kier alpha value is -2.47. The average molecular weight is 364 g/mol. The van der Waals surface area contributed by atoms with Gasteiger partial charge in [-0.2, -0.15) is 5.10 Å². The van der Waals surface area contributed by atoms with Gasteiger partial charge >= 0.3 is 0 Å². The van der Waals surface area contributed by atoms with E-state index in [-0.39, 0.29) is 0 Å². The molecule has 6 heteroatoms. The van der Waals surface area contributed by atoms with Crippen molar-refractivity contribution in [1.82, 2.24) is 24.6 Å². The minimum absolute atomic E-state index is 0.478. The predicted molar refractivity (Wildman–Crippen MR) is 110 cm³/mol. The van der Waals surface area contributed by atoms with Gasteiger partial charge in [0.05, 0.1) is 11.7 Å². The van der Waals surface area contributed by atoms with E-state index < -0.39 is 0 Å². The molecule has 0 aliphatic heterocycles. The summed E-state index contributed by atoms with van der Waals surface area (Å²) in [6.07, 6.45) is 10.5. The lowest BCUT2D eigenvalue weighted by Gasteiger charge is -2.33. The van der Waals surface area contributed by atoms with E-state index in [9.17, 15) is 0 Å². The van der Waals surface area contributed by atoms with E-state index in [0.717, 1.165) is 34.4 Å².